The van der Waals surface area contributed by atoms with Gasteiger partial charge in [0.05, 0.1) is 10.5 Å². The van der Waals surface area contributed by atoms with Gasteiger partial charge in [0.25, 0.3) is 5.91 Å². The number of thiazole rings is 1. The van der Waals surface area contributed by atoms with E-state index < -0.39 is 11.5 Å². The maximum atomic E-state index is 12.2. The number of anilines is 1. The lowest BCUT2D eigenvalue weighted by atomic mass is 10.1. The molecule has 3 heterocycles. The Morgan fingerprint density at radius 1 is 1.26 bits per heavy atom. The third-order valence-corrected chi connectivity index (χ3v) is 4.15. The summed E-state index contributed by atoms with van der Waals surface area (Å²) in [6, 6.07) is 1.71. The minimum atomic E-state index is -0.993. The Balaban J connectivity index is 1.74. The van der Waals surface area contributed by atoms with Crippen molar-refractivity contribution in [2.24, 2.45) is 0 Å². The number of hydrogen-bond acceptors (Lipinski definition) is 7. The number of imidazole rings is 1. The first-order chi connectivity index (χ1) is 10.9. The van der Waals surface area contributed by atoms with E-state index in [1.807, 2.05) is 0 Å². The molecule has 0 saturated heterocycles. The molecule has 0 bridgehead atoms. The van der Waals surface area contributed by atoms with E-state index in [-0.39, 0.29) is 5.69 Å². The molecule has 1 amide bonds. The summed E-state index contributed by atoms with van der Waals surface area (Å²) in [6.07, 6.45) is 7.76. The van der Waals surface area contributed by atoms with E-state index in [9.17, 15) is 9.90 Å². The van der Waals surface area contributed by atoms with Crippen LogP contribution >= 0.6 is 11.3 Å². The third kappa shape index (κ3) is 3.41. The highest BCUT2D eigenvalue weighted by Crippen LogP contribution is 2.28. The molecular weight excluding hydrogens is 316 g/mol. The summed E-state index contributed by atoms with van der Waals surface area (Å²) in [7, 11) is 0. The Morgan fingerprint density at radius 2 is 2.00 bits per heavy atom. The first-order valence-corrected chi connectivity index (χ1v) is 7.56. The molecule has 0 aliphatic rings. The van der Waals surface area contributed by atoms with Gasteiger partial charge >= 0.3 is 0 Å². The second-order valence-electron chi connectivity index (χ2n) is 5.26. The van der Waals surface area contributed by atoms with Crippen LogP contribution in [0.25, 0.3) is 5.95 Å². The summed E-state index contributed by atoms with van der Waals surface area (Å²) in [5, 5.41) is 13.0. The van der Waals surface area contributed by atoms with Crippen LogP contribution in [0.1, 0.15) is 29.2 Å². The molecule has 0 aliphatic carbocycles. The SMILES string of the molecule is CC(C)(O)c1cnc(NC(=O)c2cn(-c3ncccn3)cn2)s1. The second kappa shape index (κ2) is 5.86. The van der Waals surface area contributed by atoms with Gasteiger partial charge in [0.15, 0.2) is 5.13 Å². The van der Waals surface area contributed by atoms with Crippen molar-refractivity contribution < 1.29 is 9.90 Å². The molecule has 3 aromatic heterocycles. The van der Waals surface area contributed by atoms with Crippen molar-refractivity contribution in [2.75, 3.05) is 5.32 Å². The van der Waals surface area contributed by atoms with Crippen LogP contribution in [0.2, 0.25) is 0 Å². The minimum absolute atomic E-state index is 0.220. The zero-order valence-corrected chi connectivity index (χ0v) is 13.3. The van der Waals surface area contributed by atoms with Gasteiger partial charge in [-0.2, -0.15) is 0 Å². The molecule has 0 fully saturated rings. The molecule has 0 spiro atoms. The van der Waals surface area contributed by atoms with Crippen molar-refractivity contribution in [2.45, 2.75) is 19.4 Å². The Kier molecular flexibility index (Phi) is 3.89. The summed E-state index contributed by atoms with van der Waals surface area (Å²) in [4.78, 5) is 29.1. The first-order valence-electron chi connectivity index (χ1n) is 6.75. The van der Waals surface area contributed by atoms with Crippen LogP contribution in [0.15, 0.2) is 37.2 Å². The van der Waals surface area contributed by atoms with Crippen LogP contribution in [0.5, 0.6) is 0 Å². The Labute approximate surface area is 135 Å². The zero-order valence-electron chi connectivity index (χ0n) is 12.5. The lowest BCUT2D eigenvalue weighted by Crippen LogP contribution is -2.13. The van der Waals surface area contributed by atoms with Gasteiger partial charge in [-0.25, -0.2) is 19.9 Å². The van der Waals surface area contributed by atoms with Crippen LogP contribution in [-0.4, -0.2) is 35.5 Å². The summed E-state index contributed by atoms with van der Waals surface area (Å²) >= 11 is 1.21. The van der Waals surface area contributed by atoms with E-state index in [4.69, 9.17) is 0 Å². The van der Waals surface area contributed by atoms with Crippen LogP contribution in [0.4, 0.5) is 5.13 Å². The highest BCUT2D eigenvalue weighted by atomic mass is 32.1. The number of hydrogen-bond donors (Lipinski definition) is 2. The maximum Gasteiger partial charge on any atom is 0.277 e. The fraction of sp³-hybridized carbons (Fsp3) is 0.214. The van der Waals surface area contributed by atoms with Crippen molar-refractivity contribution >= 4 is 22.4 Å². The highest BCUT2D eigenvalue weighted by Gasteiger charge is 2.20. The molecule has 0 unspecified atom stereocenters. The number of carbonyl (C=O) groups is 1. The number of nitrogens with one attached hydrogen (secondary N) is 1. The van der Waals surface area contributed by atoms with Crippen molar-refractivity contribution in [3.8, 4) is 5.95 Å². The van der Waals surface area contributed by atoms with Gasteiger partial charge in [0, 0.05) is 24.8 Å². The number of aromatic nitrogens is 5. The van der Waals surface area contributed by atoms with Gasteiger partial charge in [0.1, 0.15) is 12.0 Å². The monoisotopic (exact) mass is 330 g/mol. The molecule has 0 saturated carbocycles. The Hall–Kier alpha value is -2.65. The van der Waals surface area contributed by atoms with Crippen LogP contribution in [0.3, 0.4) is 0 Å². The average Bonchev–Trinajstić information content (AvgIpc) is 3.16. The van der Waals surface area contributed by atoms with Crippen molar-refractivity contribution in [1.82, 2.24) is 24.5 Å². The van der Waals surface area contributed by atoms with Crippen molar-refractivity contribution in [3.63, 3.8) is 0 Å². The maximum absolute atomic E-state index is 12.2. The zero-order chi connectivity index (χ0) is 16.4. The molecular formula is C14H14N6O2S. The van der Waals surface area contributed by atoms with Crippen molar-refractivity contribution in [1.29, 1.82) is 0 Å². The Morgan fingerprint density at radius 3 is 2.65 bits per heavy atom. The first kappa shape index (κ1) is 15.3. The average molecular weight is 330 g/mol. The van der Waals surface area contributed by atoms with Crippen molar-refractivity contribution in [3.05, 3.63) is 47.8 Å². The number of aliphatic hydroxyl groups is 1. The minimum Gasteiger partial charge on any atom is -0.385 e. The topological polar surface area (TPSA) is 106 Å². The fourth-order valence-corrected chi connectivity index (χ4v) is 2.56. The predicted octanol–water partition coefficient (Wildman–Crippen LogP) is 1.60. The summed E-state index contributed by atoms with van der Waals surface area (Å²) in [5.41, 5.74) is -0.773. The molecule has 3 rings (SSSR count). The number of carbonyl (C=O) groups excluding carboxylic acids is 1. The number of amides is 1. The quantitative estimate of drug-likeness (QED) is 0.752. The van der Waals surface area contributed by atoms with E-state index in [1.165, 1.54) is 30.1 Å². The van der Waals surface area contributed by atoms with Gasteiger partial charge in [0.2, 0.25) is 5.95 Å². The molecule has 118 valence electrons. The van der Waals surface area contributed by atoms with Gasteiger partial charge in [-0.3, -0.25) is 14.7 Å². The molecule has 8 nitrogen and oxygen atoms in total. The highest BCUT2D eigenvalue weighted by molar-refractivity contribution is 7.15. The predicted molar refractivity (Wildman–Crippen MR) is 84.5 cm³/mol. The second-order valence-corrected chi connectivity index (χ2v) is 6.29. The van der Waals surface area contributed by atoms with E-state index in [0.717, 1.165) is 0 Å². The molecule has 23 heavy (non-hydrogen) atoms. The Bertz CT molecular complexity index is 821. The van der Waals surface area contributed by atoms with Crippen LogP contribution in [0, 0.1) is 0 Å². The van der Waals surface area contributed by atoms with E-state index in [0.29, 0.717) is 16.0 Å². The van der Waals surface area contributed by atoms with E-state index in [2.05, 4.69) is 25.3 Å². The summed E-state index contributed by atoms with van der Waals surface area (Å²) in [5.74, 6) is 0.0361. The van der Waals surface area contributed by atoms with Gasteiger partial charge < -0.3 is 5.11 Å². The van der Waals surface area contributed by atoms with E-state index >= 15 is 0 Å². The van der Waals surface area contributed by atoms with Gasteiger partial charge in [-0.05, 0) is 19.9 Å². The largest absolute Gasteiger partial charge is 0.385 e. The molecule has 0 atom stereocenters. The normalized spacial score (nSPS) is 11.4. The number of nitrogens with zero attached hydrogens (tertiary/aromatic N) is 5. The molecule has 0 radical (unpaired) electrons. The van der Waals surface area contributed by atoms with Gasteiger partial charge in [-0.1, -0.05) is 11.3 Å². The summed E-state index contributed by atoms with van der Waals surface area (Å²) < 4.78 is 1.55. The standard InChI is InChI=1S/C14H14N6O2S/c1-14(2,22)10-6-17-13(23-10)19-11(21)9-7-20(8-18-9)12-15-4-3-5-16-12/h3-8,22H,1-2H3,(H,17,19,21). The molecule has 2 N–H and O–H groups in total. The van der Waals surface area contributed by atoms with Gasteiger partial charge in [-0.15, -0.1) is 0 Å². The molecule has 0 aromatic carbocycles. The molecule has 0 aliphatic heterocycles. The van der Waals surface area contributed by atoms with Crippen LogP contribution in [-0.2, 0) is 5.60 Å². The lowest BCUT2D eigenvalue weighted by Gasteiger charge is -2.12. The molecule has 3 aromatic rings. The summed E-state index contributed by atoms with van der Waals surface area (Å²) in [6.45, 7) is 3.32. The smallest absolute Gasteiger partial charge is 0.277 e. The van der Waals surface area contributed by atoms with Crippen LogP contribution < -0.4 is 5.32 Å². The lowest BCUT2D eigenvalue weighted by molar-refractivity contribution is 0.0823. The fourth-order valence-electron chi connectivity index (χ4n) is 1.75. The third-order valence-electron chi connectivity index (χ3n) is 2.93. The number of rotatable bonds is 4. The van der Waals surface area contributed by atoms with E-state index in [1.54, 1.807) is 36.9 Å². The molecule has 9 heteroatoms.